The third-order valence-electron chi connectivity index (χ3n) is 3.52. The summed E-state index contributed by atoms with van der Waals surface area (Å²) in [6.07, 6.45) is 7.15. The molecule has 0 saturated heterocycles. The van der Waals surface area contributed by atoms with Gasteiger partial charge in [0.1, 0.15) is 5.82 Å². The first-order chi connectivity index (χ1) is 9.30. The van der Waals surface area contributed by atoms with Crippen LogP contribution in [0.15, 0.2) is 36.7 Å². The number of nitrogens with zero attached hydrogens (tertiary/aromatic N) is 2. The van der Waals surface area contributed by atoms with Crippen LogP contribution in [0.4, 0.5) is 0 Å². The van der Waals surface area contributed by atoms with Gasteiger partial charge >= 0.3 is 0 Å². The molecule has 102 valence electrons. The van der Waals surface area contributed by atoms with Crippen LogP contribution in [0, 0.1) is 0 Å². The molecule has 3 nitrogen and oxygen atoms in total. The zero-order valence-corrected chi connectivity index (χ0v) is 12.1. The zero-order chi connectivity index (χ0) is 13.7. The zero-order valence-electron chi connectivity index (χ0n) is 12.1. The van der Waals surface area contributed by atoms with Gasteiger partial charge in [-0.2, -0.15) is 0 Å². The van der Waals surface area contributed by atoms with Crippen molar-refractivity contribution >= 4 is 0 Å². The minimum Gasteiger partial charge on any atom is -0.313 e. The quantitative estimate of drug-likeness (QED) is 0.858. The van der Waals surface area contributed by atoms with Gasteiger partial charge in [-0.05, 0) is 37.6 Å². The fourth-order valence-electron chi connectivity index (χ4n) is 2.45. The summed E-state index contributed by atoms with van der Waals surface area (Å²) in [5.41, 5.74) is 2.53. The van der Waals surface area contributed by atoms with Crippen LogP contribution in [-0.2, 0) is 6.42 Å². The maximum Gasteiger partial charge on any atom is 0.113 e. The van der Waals surface area contributed by atoms with Crippen LogP contribution >= 0.6 is 0 Å². The largest absolute Gasteiger partial charge is 0.313 e. The second-order valence-corrected chi connectivity index (χ2v) is 4.80. The van der Waals surface area contributed by atoms with Crippen molar-refractivity contribution in [3.05, 3.63) is 48.0 Å². The molecule has 19 heavy (non-hydrogen) atoms. The third kappa shape index (κ3) is 3.04. The number of aromatic nitrogens is 2. The Labute approximate surface area is 115 Å². The molecule has 0 radical (unpaired) electrons. The van der Waals surface area contributed by atoms with E-state index in [1.165, 1.54) is 11.3 Å². The van der Waals surface area contributed by atoms with Gasteiger partial charge in [-0.1, -0.05) is 26.0 Å². The molecule has 1 atom stereocenters. The van der Waals surface area contributed by atoms with E-state index in [1.807, 2.05) is 19.4 Å². The highest BCUT2D eigenvalue weighted by atomic mass is 15.1. The lowest BCUT2D eigenvalue weighted by Crippen LogP contribution is -2.15. The van der Waals surface area contributed by atoms with Gasteiger partial charge in [0.2, 0.25) is 0 Å². The lowest BCUT2D eigenvalue weighted by atomic mass is 10.0. The lowest BCUT2D eigenvalue weighted by Gasteiger charge is -2.15. The number of hydrogen-bond donors (Lipinski definition) is 1. The van der Waals surface area contributed by atoms with Gasteiger partial charge in [0, 0.05) is 30.5 Å². The van der Waals surface area contributed by atoms with Crippen LogP contribution in [0.25, 0.3) is 5.69 Å². The highest BCUT2D eigenvalue weighted by Gasteiger charge is 2.08. The van der Waals surface area contributed by atoms with Crippen molar-refractivity contribution in [2.24, 2.45) is 0 Å². The molecule has 0 bridgehead atoms. The number of benzene rings is 1. The molecular weight excluding hydrogens is 234 g/mol. The molecule has 0 aliphatic rings. The van der Waals surface area contributed by atoms with Crippen LogP contribution in [-0.4, -0.2) is 16.6 Å². The monoisotopic (exact) mass is 257 g/mol. The summed E-state index contributed by atoms with van der Waals surface area (Å²) in [5, 5.41) is 3.33. The average molecular weight is 257 g/mol. The first kappa shape index (κ1) is 13.8. The molecule has 0 aliphatic heterocycles. The molecule has 0 spiro atoms. The summed E-state index contributed by atoms with van der Waals surface area (Å²) in [6.45, 7) is 4.38. The molecule has 1 aromatic carbocycles. The van der Waals surface area contributed by atoms with Crippen LogP contribution in [0.2, 0.25) is 0 Å². The van der Waals surface area contributed by atoms with Crippen molar-refractivity contribution in [1.29, 1.82) is 0 Å². The lowest BCUT2D eigenvalue weighted by molar-refractivity contribution is 0.577. The maximum absolute atomic E-state index is 4.42. The topological polar surface area (TPSA) is 29.9 Å². The number of aryl methyl sites for hydroxylation is 1. The summed E-state index contributed by atoms with van der Waals surface area (Å²) in [4.78, 5) is 4.42. The molecule has 0 aliphatic carbocycles. The predicted octanol–water partition coefficient (Wildman–Crippen LogP) is 3.50. The molecule has 3 heteroatoms. The van der Waals surface area contributed by atoms with Gasteiger partial charge in [0.05, 0.1) is 0 Å². The van der Waals surface area contributed by atoms with Crippen molar-refractivity contribution in [3.63, 3.8) is 0 Å². The molecule has 2 aromatic rings. The van der Waals surface area contributed by atoms with Gasteiger partial charge in [0.25, 0.3) is 0 Å². The average Bonchev–Trinajstić information content (AvgIpc) is 2.90. The number of rotatable bonds is 6. The molecule has 0 fully saturated rings. The van der Waals surface area contributed by atoms with Crippen molar-refractivity contribution in [1.82, 2.24) is 14.9 Å². The summed E-state index contributed by atoms with van der Waals surface area (Å²) in [5.74, 6) is 1.14. The van der Waals surface area contributed by atoms with E-state index in [1.54, 1.807) is 0 Å². The Bertz CT molecular complexity index is 495. The van der Waals surface area contributed by atoms with Crippen LogP contribution in [0.5, 0.6) is 0 Å². The van der Waals surface area contributed by atoms with Gasteiger partial charge < -0.3 is 9.88 Å². The molecule has 2 rings (SSSR count). The number of imidazole rings is 1. The summed E-state index contributed by atoms with van der Waals surface area (Å²) >= 11 is 0. The summed E-state index contributed by atoms with van der Waals surface area (Å²) < 4.78 is 2.17. The Hall–Kier alpha value is -1.61. The number of hydrogen-bond acceptors (Lipinski definition) is 2. The van der Waals surface area contributed by atoms with Gasteiger partial charge in [0.15, 0.2) is 0 Å². The Balaban J connectivity index is 2.24. The Morgan fingerprint density at radius 1 is 1.21 bits per heavy atom. The summed E-state index contributed by atoms with van der Waals surface area (Å²) in [7, 11) is 2.01. The second-order valence-electron chi connectivity index (χ2n) is 4.80. The highest BCUT2D eigenvalue weighted by Crippen LogP contribution is 2.19. The fraction of sp³-hybridized carbons (Fsp3) is 0.438. The van der Waals surface area contributed by atoms with Crippen molar-refractivity contribution in [2.75, 3.05) is 7.05 Å². The maximum atomic E-state index is 4.42. The molecule has 0 amide bonds. The van der Waals surface area contributed by atoms with E-state index >= 15 is 0 Å². The molecule has 1 heterocycles. The second kappa shape index (κ2) is 6.53. The molecule has 1 aromatic heterocycles. The van der Waals surface area contributed by atoms with E-state index < -0.39 is 0 Å². The van der Waals surface area contributed by atoms with Crippen molar-refractivity contribution < 1.29 is 0 Å². The van der Waals surface area contributed by atoms with E-state index in [4.69, 9.17) is 0 Å². The minimum atomic E-state index is 0.437. The molecule has 0 saturated carbocycles. The van der Waals surface area contributed by atoms with Crippen molar-refractivity contribution in [3.8, 4) is 5.69 Å². The Kier molecular flexibility index (Phi) is 4.74. The fourth-order valence-corrected chi connectivity index (χ4v) is 2.45. The Morgan fingerprint density at radius 3 is 2.53 bits per heavy atom. The van der Waals surface area contributed by atoms with Crippen LogP contribution in [0.1, 0.15) is 44.1 Å². The van der Waals surface area contributed by atoms with Crippen molar-refractivity contribution in [2.45, 2.75) is 39.2 Å². The van der Waals surface area contributed by atoms with Crippen LogP contribution < -0.4 is 5.32 Å². The minimum absolute atomic E-state index is 0.437. The van der Waals surface area contributed by atoms with E-state index in [9.17, 15) is 0 Å². The first-order valence-electron chi connectivity index (χ1n) is 7.10. The van der Waals surface area contributed by atoms with E-state index in [2.05, 4.69) is 53.0 Å². The standard InChI is InChI=1S/C16H23N3/c1-4-6-16-18-11-12-19(16)14-9-7-13(8-10-14)15(5-2)17-3/h7-12,15,17H,4-6H2,1-3H3. The molecule has 1 unspecified atom stereocenters. The van der Waals surface area contributed by atoms with Crippen LogP contribution in [0.3, 0.4) is 0 Å². The third-order valence-corrected chi connectivity index (χ3v) is 3.52. The normalized spacial score (nSPS) is 12.6. The van der Waals surface area contributed by atoms with E-state index in [0.717, 1.165) is 25.1 Å². The number of nitrogens with one attached hydrogen (secondary N) is 1. The predicted molar refractivity (Wildman–Crippen MR) is 79.7 cm³/mol. The smallest absolute Gasteiger partial charge is 0.113 e. The molecule has 1 N–H and O–H groups in total. The van der Waals surface area contributed by atoms with Gasteiger partial charge in [-0.25, -0.2) is 4.98 Å². The van der Waals surface area contributed by atoms with E-state index in [0.29, 0.717) is 6.04 Å². The Morgan fingerprint density at radius 2 is 1.95 bits per heavy atom. The van der Waals surface area contributed by atoms with Gasteiger partial charge in [-0.3, -0.25) is 0 Å². The molecular formula is C16H23N3. The SMILES string of the molecule is CCCc1nccn1-c1ccc(C(CC)NC)cc1. The van der Waals surface area contributed by atoms with Gasteiger partial charge in [-0.15, -0.1) is 0 Å². The summed E-state index contributed by atoms with van der Waals surface area (Å²) in [6, 6.07) is 9.20. The first-order valence-corrected chi connectivity index (χ1v) is 7.10. The van der Waals surface area contributed by atoms with E-state index in [-0.39, 0.29) is 0 Å². The highest BCUT2D eigenvalue weighted by molar-refractivity contribution is 5.37.